The summed E-state index contributed by atoms with van der Waals surface area (Å²) in [5.74, 6) is -1.43. The first-order valence-electron chi connectivity index (χ1n) is 7.05. The van der Waals surface area contributed by atoms with Crippen molar-refractivity contribution in [1.29, 1.82) is 0 Å². The Morgan fingerprint density at radius 1 is 1.50 bits per heavy atom. The molecule has 1 aromatic carbocycles. The Morgan fingerprint density at radius 3 is 2.86 bits per heavy atom. The normalized spacial score (nSPS) is 18.1. The zero-order valence-corrected chi connectivity index (χ0v) is 13.4. The van der Waals surface area contributed by atoms with Gasteiger partial charge in [0.1, 0.15) is 5.82 Å². The number of carbonyl (C=O) groups is 2. The fourth-order valence-corrected chi connectivity index (χ4v) is 2.47. The van der Waals surface area contributed by atoms with Crippen LogP contribution in [0.1, 0.15) is 6.42 Å². The van der Waals surface area contributed by atoms with Gasteiger partial charge < -0.3 is 15.1 Å². The number of hydrogen-bond acceptors (Lipinski definition) is 3. The van der Waals surface area contributed by atoms with Crippen LogP contribution in [0, 0.1) is 11.7 Å². The molecule has 0 saturated carbocycles. The van der Waals surface area contributed by atoms with Crippen molar-refractivity contribution >= 4 is 29.1 Å². The molecule has 2 rings (SSSR count). The van der Waals surface area contributed by atoms with Crippen LogP contribution < -0.4 is 5.32 Å². The second-order valence-corrected chi connectivity index (χ2v) is 6.09. The molecule has 1 aliphatic rings. The zero-order valence-electron chi connectivity index (χ0n) is 12.6. The van der Waals surface area contributed by atoms with E-state index in [1.54, 1.807) is 4.90 Å². The van der Waals surface area contributed by atoms with E-state index in [-0.39, 0.29) is 28.9 Å². The van der Waals surface area contributed by atoms with E-state index in [1.807, 2.05) is 19.0 Å². The van der Waals surface area contributed by atoms with Crippen molar-refractivity contribution in [1.82, 2.24) is 9.80 Å². The van der Waals surface area contributed by atoms with Crippen LogP contribution >= 0.6 is 11.6 Å². The predicted octanol–water partition coefficient (Wildman–Crippen LogP) is 1.83. The van der Waals surface area contributed by atoms with E-state index in [2.05, 4.69) is 5.32 Å². The molecule has 1 fully saturated rings. The maximum atomic E-state index is 13.7. The molecular weight excluding hydrogens is 309 g/mol. The first kappa shape index (κ1) is 16.7. The number of likely N-dealkylation sites (N-methyl/N-ethyl adjacent to an activating group) is 1. The van der Waals surface area contributed by atoms with Gasteiger partial charge >= 0.3 is 0 Å². The highest BCUT2D eigenvalue weighted by molar-refractivity contribution is 6.30. The number of halogens is 2. The van der Waals surface area contributed by atoms with Crippen LogP contribution in [0.5, 0.6) is 0 Å². The lowest BCUT2D eigenvalue weighted by Gasteiger charge is -2.19. The van der Waals surface area contributed by atoms with Crippen LogP contribution in [0.2, 0.25) is 5.02 Å². The minimum absolute atomic E-state index is 0.0430. The molecule has 1 aromatic rings. The van der Waals surface area contributed by atoms with E-state index in [0.29, 0.717) is 13.1 Å². The highest BCUT2D eigenvalue weighted by atomic mass is 35.5. The Hall–Kier alpha value is -1.66. The Bertz CT molecular complexity index is 580. The van der Waals surface area contributed by atoms with Gasteiger partial charge in [-0.15, -0.1) is 0 Å². The average Bonchev–Trinajstić information content (AvgIpc) is 2.81. The van der Waals surface area contributed by atoms with Gasteiger partial charge in [0.05, 0.1) is 11.6 Å². The summed E-state index contributed by atoms with van der Waals surface area (Å²) in [5, 5.41) is 2.79. The molecule has 22 heavy (non-hydrogen) atoms. The highest BCUT2D eigenvalue weighted by Gasteiger charge is 2.34. The quantitative estimate of drug-likeness (QED) is 0.897. The van der Waals surface area contributed by atoms with Crippen LogP contribution in [0.4, 0.5) is 10.1 Å². The zero-order chi connectivity index (χ0) is 16.3. The van der Waals surface area contributed by atoms with E-state index in [0.717, 1.165) is 12.6 Å². The maximum Gasteiger partial charge on any atom is 0.229 e. The van der Waals surface area contributed by atoms with E-state index in [9.17, 15) is 14.0 Å². The fourth-order valence-electron chi connectivity index (χ4n) is 2.31. The second kappa shape index (κ2) is 7.07. The summed E-state index contributed by atoms with van der Waals surface area (Å²) >= 11 is 5.67. The molecule has 1 atom stereocenters. The van der Waals surface area contributed by atoms with Crippen molar-refractivity contribution in [2.75, 3.05) is 39.0 Å². The Kier molecular flexibility index (Phi) is 5.37. The van der Waals surface area contributed by atoms with Gasteiger partial charge in [0.25, 0.3) is 0 Å². The Morgan fingerprint density at radius 2 is 2.23 bits per heavy atom. The summed E-state index contributed by atoms with van der Waals surface area (Å²) in [6, 6.07) is 4.06. The van der Waals surface area contributed by atoms with E-state index in [1.165, 1.54) is 12.1 Å². The van der Waals surface area contributed by atoms with Crippen molar-refractivity contribution in [3.8, 4) is 0 Å². The van der Waals surface area contributed by atoms with Gasteiger partial charge in [0.2, 0.25) is 11.8 Å². The molecule has 0 bridgehead atoms. The van der Waals surface area contributed by atoms with Crippen LogP contribution in [-0.2, 0) is 9.59 Å². The lowest BCUT2D eigenvalue weighted by Crippen LogP contribution is -2.34. The van der Waals surface area contributed by atoms with Crippen LogP contribution in [0.15, 0.2) is 18.2 Å². The minimum atomic E-state index is -0.588. The number of amides is 2. The summed E-state index contributed by atoms with van der Waals surface area (Å²) in [6.07, 6.45) is 0.161. The van der Waals surface area contributed by atoms with Crippen molar-refractivity contribution in [2.45, 2.75) is 6.42 Å². The molecule has 1 saturated heterocycles. The molecule has 0 aliphatic carbocycles. The molecule has 1 aliphatic heterocycles. The van der Waals surface area contributed by atoms with Gasteiger partial charge in [-0.05, 0) is 32.3 Å². The molecule has 0 unspecified atom stereocenters. The van der Waals surface area contributed by atoms with Crippen LogP contribution in [0.3, 0.4) is 0 Å². The number of benzene rings is 1. The lowest BCUT2D eigenvalue weighted by molar-refractivity contribution is -0.128. The van der Waals surface area contributed by atoms with Gasteiger partial charge in [-0.2, -0.15) is 0 Å². The van der Waals surface area contributed by atoms with Gasteiger partial charge in [-0.1, -0.05) is 11.6 Å². The van der Waals surface area contributed by atoms with Crippen LogP contribution in [-0.4, -0.2) is 55.3 Å². The lowest BCUT2D eigenvalue weighted by atomic mass is 10.1. The Labute approximate surface area is 134 Å². The van der Waals surface area contributed by atoms with Crippen molar-refractivity contribution in [3.63, 3.8) is 0 Å². The molecule has 0 spiro atoms. The molecule has 120 valence electrons. The van der Waals surface area contributed by atoms with Gasteiger partial charge in [0, 0.05) is 31.1 Å². The van der Waals surface area contributed by atoms with E-state index in [4.69, 9.17) is 11.6 Å². The largest absolute Gasteiger partial charge is 0.341 e. The third-order valence-electron chi connectivity index (χ3n) is 3.59. The first-order valence-corrected chi connectivity index (χ1v) is 7.43. The molecule has 1 N–H and O–H groups in total. The number of nitrogens with zero attached hydrogens (tertiary/aromatic N) is 2. The summed E-state index contributed by atoms with van der Waals surface area (Å²) in [6.45, 7) is 1.70. The number of rotatable bonds is 5. The summed E-state index contributed by atoms with van der Waals surface area (Å²) < 4.78 is 13.7. The SMILES string of the molecule is CN(C)CCN1C[C@@H](C(=O)Nc2ccc(Cl)cc2F)CC1=O. The molecule has 0 radical (unpaired) electrons. The third kappa shape index (κ3) is 4.18. The fraction of sp³-hybridized carbons (Fsp3) is 0.467. The molecule has 1 heterocycles. The van der Waals surface area contributed by atoms with Crippen molar-refractivity contribution < 1.29 is 14.0 Å². The molecule has 5 nitrogen and oxygen atoms in total. The third-order valence-corrected chi connectivity index (χ3v) is 3.83. The monoisotopic (exact) mass is 327 g/mol. The summed E-state index contributed by atoms with van der Waals surface area (Å²) in [5.41, 5.74) is 0.0774. The molecule has 2 amide bonds. The standard InChI is InChI=1S/C15H19ClFN3O2/c1-19(2)5-6-20-9-10(7-14(20)21)15(22)18-13-4-3-11(16)8-12(13)17/h3-4,8,10H,5-7,9H2,1-2H3,(H,18,22)/t10-/m0/s1. The summed E-state index contributed by atoms with van der Waals surface area (Å²) in [4.78, 5) is 27.7. The van der Waals surface area contributed by atoms with Crippen LogP contribution in [0.25, 0.3) is 0 Å². The predicted molar refractivity (Wildman–Crippen MR) is 83.3 cm³/mol. The van der Waals surface area contributed by atoms with Gasteiger partial charge in [0.15, 0.2) is 0 Å². The second-order valence-electron chi connectivity index (χ2n) is 5.66. The molecule has 0 aromatic heterocycles. The number of nitrogens with one attached hydrogen (secondary N) is 1. The van der Waals surface area contributed by atoms with E-state index < -0.39 is 11.7 Å². The highest BCUT2D eigenvalue weighted by Crippen LogP contribution is 2.22. The number of anilines is 1. The van der Waals surface area contributed by atoms with Gasteiger partial charge in [-0.3, -0.25) is 9.59 Å². The smallest absolute Gasteiger partial charge is 0.229 e. The Balaban J connectivity index is 1.95. The van der Waals surface area contributed by atoms with Crippen molar-refractivity contribution in [2.24, 2.45) is 5.92 Å². The minimum Gasteiger partial charge on any atom is -0.341 e. The summed E-state index contributed by atoms with van der Waals surface area (Å²) in [7, 11) is 3.85. The number of likely N-dealkylation sites (tertiary alicyclic amines) is 1. The van der Waals surface area contributed by atoms with Gasteiger partial charge in [-0.25, -0.2) is 4.39 Å². The first-order chi connectivity index (χ1) is 10.4. The number of carbonyl (C=O) groups excluding carboxylic acids is 2. The van der Waals surface area contributed by atoms with E-state index >= 15 is 0 Å². The topological polar surface area (TPSA) is 52.6 Å². The number of hydrogen-bond donors (Lipinski definition) is 1. The molecular formula is C15H19ClFN3O2. The maximum absolute atomic E-state index is 13.7. The average molecular weight is 328 g/mol. The van der Waals surface area contributed by atoms with Crippen molar-refractivity contribution in [3.05, 3.63) is 29.0 Å². The molecule has 7 heteroatoms.